The minimum Gasteiger partial charge on any atom is -0.493 e. The van der Waals surface area contributed by atoms with E-state index in [1.54, 1.807) is 11.1 Å². The van der Waals surface area contributed by atoms with Gasteiger partial charge in [-0.3, -0.25) is 19.9 Å². The number of para-hydroxylation sites is 1. The van der Waals surface area contributed by atoms with Crippen molar-refractivity contribution in [3.8, 4) is 11.5 Å². The number of nitrogens with zero attached hydrogens (tertiary/aromatic N) is 1. The number of hydrogen-bond donors (Lipinski definition) is 3. The Labute approximate surface area is 144 Å². The van der Waals surface area contributed by atoms with E-state index in [0.717, 1.165) is 6.08 Å². The number of ether oxygens (including phenoxy) is 2. The first-order chi connectivity index (χ1) is 12.3. The third kappa shape index (κ3) is 4.14. The van der Waals surface area contributed by atoms with Gasteiger partial charge in [-0.2, -0.15) is 0 Å². The molecule has 0 bridgehead atoms. The maximum atomic E-state index is 11.6. The Morgan fingerprint density at radius 2 is 2.04 bits per heavy atom. The van der Waals surface area contributed by atoms with Gasteiger partial charge in [-0.15, -0.1) is 0 Å². The number of H-pyrrole nitrogens is 2. The quantitative estimate of drug-likeness (QED) is 0.475. The third-order valence-corrected chi connectivity index (χ3v) is 3.13. The highest BCUT2D eigenvalue weighted by molar-refractivity contribution is 5.76. The number of hydrogen-bond acceptors (Lipinski definition) is 7. The third-order valence-electron chi connectivity index (χ3n) is 3.13. The number of nitrogens with one attached hydrogen (secondary N) is 2. The Kier molecular flexibility index (Phi) is 5.53. The van der Waals surface area contributed by atoms with E-state index in [2.05, 4.69) is 4.98 Å². The van der Waals surface area contributed by atoms with Crippen molar-refractivity contribution in [2.45, 2.75) is 0 Å². The minimum absolute atomic E-state index is 0.0866. The molecular weight excluding hydrogens is 350 g/mol. The van der Waals surface area contributed by atoms with Gasteiger partial charge in [0.25, 0.3) is 0 Å². The van der Waals surface area contributed by atoms with E-state index in [9.17, 15) is 24.5 Å². The maximum Gasteiger partial charge on any atom is 0.357 e. The van der Waals surface area contributed by atoms with Gasteiger partial charge >= 0.3 is 22.9 Å². The average molecular weight is 363 g/mol. The number of aromatic nitrogens is 2. The zero-order valence-electron chi connectivity index (χ0n) is 13.3. The van der Waals surface area contributed by atoms with Gasteiger partial charge in [0.2, 0.25) is 0 Å². The van der Waals surface area contributed by atoms with Crippen LogP contribution in [0.15, 0.2) is 27.8 Å². The summed E-state index contributed by atoms with van der Waals surface area (Å²) in [5.74, 6) is -0.883. The second-order valence-electron chi connectivity index (χ2n) is 4.82. The molecule has 11 heteroatoms. The molecule has 0 amide bonds. The fourth-order valence-corrected chi connectivity index (χ4v) is 2.09. The predicted molar refractivity (Wildman–Crippen MR) is 89.4 cm³/mol. The first-order valence-electron chi connectivity index (χ1n) is 7.04. The summed E-state index contributed by atoms with van der Waals surface area (Å²) >= 11 is 0. The number of aromatic amines is 2. The van der Waals surface area contributed by atoms with E-state index in [4.69, 9.17) is 14.6 Å². The van der Waals surface area contributed by atoms with Gasteiger partial charge in [-0.25, -0.2) is 9.59 Å². The Hall–Kier alpha value is -3.89. The summed E-state index contributed by atoms with van der Waals surface area (Å²) in [4.78, 5) is 47.7. The number of benzene rings is 1. The summed E-state index contributed by atoms with van der Waals surface area (Å²) in [6.07, 6.45) is 2.45. The molecule has 1 aromatic heterocycles. The van der Waals surface area contributed by atoms with Gasteiger partial charge in [0.15, 0.2) is 18.1 Å². The lowest BCUT2D eigenvalue weighted by Gasteiger charge is -2.11. The number of carboxylic acid groups (broad SMARTS) is 1. The van der Waals surface area contributed by atoms with Crippen LogP contribution in [0.4, 0.5) is 5.69 Å². The van der Waals surface area contributed by atoms with Crippen molar-refractivity contribution in [3.05, 3.63) is 60.4 Å². The number of carbonyl (C=O) groups is 1. The summed E-state index contributed by atoms with van der Waals surface area (Å²) < 4.78 is 10.3. The summed E-state index contributed by atoms with van der Waals surface area (Å²) in [5, 5.41) is 19.8. The van der Waals surface area contributed by atoms with Crippen LogP contribution in [-0.4, -0.2) is 39.7 Å². The van der Waals surface area contributed by atoms with Gasteiger partial charge in [0.05, 0.1) is 12.0 Å². The molecule has 0 saturated carbocycles. The molecule has 2 aromatic rings. The molecule has 26 heavy (non-hydrogen) atoms. The van der Waals surface area contributed by atoms with Crippen LogP contribution in [0, 0.1) is 10.1 Å². The molecule has 0 saturated heterocycles. The Balaban J connectivity index is 2.52. The highest BCUT2D eigenvalue weighted by atomic mass is 16.6. The fourth-order valence-electron chi connectivity index (χ4n) is 2.09. The van der Waals surface area contributed by atoms with Crippen molar-refractivity contribution in [3.63, 3.8) is 0 Å². The van der Waals surface area contributed by atoms with E-state index in [0.29, 0.717) is 5.56 Å². The lowest BCUT2D eigenvalue weighted by atomic mass is 10.1. The maximum absolute atomic E-state index is 11.6. The Morgan fingerprint density at radius 3 is 2.65 bits per heavy atom. The molecule has 0 fully saturated rings. The molecule has 1 aromatic carbocycles. The van der Waals surface area contributed by atoms with Crippen molar-refractivity contribution in [2.75, 3.05) is 13.7 Å². The molecule has 0 aliphatic carbocycles. The van der Waals surface area contributed by atoms with Crippen LogP contribution in [0.5, 0.6) is 11.5 Å². The summed E-state index contributed by atoms with van der Waals surface area (Å²) in [7, 11) is 1.36. The second-order valence-corrected chi connectivity index (χ2v) is 4.82. The van der Waals surface area contributed by atoms with Gasteiger partial charge in [0, 0.05) is 5.56 Å². The van der Waals surface area contributed by atoms with E-state index in [1.165, 1.54) is 25.3 Å². The highest BCUT2D eigenvalue weighted by Crippen LogP contribution is 2.32. The van der Waals surface area contributed by atoms with E-state index < -0.39 is 34.4 Å². The van der Waals surface area contributed by atoms with Crippen LogP contribution in [0.1, 0.15) is 11.3 Å². The molecule has 0 aliphatic rings. The van der Waals surface area contributed by atoms with Crippen LogP contribution in [-0.2, 0) is 4.79 Å². The second kappa shape index (κ2) is 7.79. The largest absolute Gasteiger partial charge is 0.493 e. The molecule has 0 radical (unpaired) electrons. The Bertz CT molecular complexity index is 989. The number of nitro groups is 1. The molecule has 0 atom stereocenters. The topological polar surface area (TPSA) is 165 Å². The highest BCUT2D eigenvalue weighted by Gasteiger charge is 2.19. The molecule has 0 unspecified atom stereocenters. The lowest BCUT2D eigenvalue weighted by molar-refractivity contribution is -0.386. The van der Waals surface area contributed by atoms with Crippen LogP contribution in [0.2, 0.25) is 0 Å². The first-order valence-corrected chi connectivity index (χ1v) is 7.04. The molecule has 11 nitrogen and oxygen atoms in total. The van der Waals surface area contributed by atoms with Gasteiger partial charge < -0.3 is 19.6 Å². The van der Waals surface area contributed by atoms with Gasteiger partial charge in [0.1, 0.15) is 5.69 Å². The molecule has 3 N–H and O–H groups in total. The minimum atomic E-state index is -1.21. The van der Waals surface area contributed by atoms with Crippen molar-refractivity contribution >= 4 is 23.8 Å². The summed E-state index contributed by atoms with van der Waals surface area (Å²) in [6, 6.07) is 4.65. The van der Waals surface area contributed by atoms with Crippen molar-refractivity contribution in [2.24, 2.45) is 0 Å². The van der Waals surface area contributed by atoms with Crippen molar-refractivity contribution in [1.29, 1.82) is 0 Å². The zero-order valence-corrected chi connectivity index (χ0v) is 13.3. The molecule has 2 rings (SSSR count). The van der Waals surface area contributed by atoms with E-state index >= 15 is 0 Å². The van der Waals surface area contributed by atoms with Crippen LogP contribution in [0.25, 0.3) is 12.2 Å². The SMILES string of the molecule is COc1cccc(C=Cc2[nH]c(=O)[nH]c(=O)c2[N+](=O)[O-])c1OCC(=O)O. The van der Waals surface area contributed by atoms with Crippen LogP contribution in [0.3, 0.4) is 0 Å². The fraction of sp³-hybridized carbons (Fsp3) is 0.133. The first kappa shape index (κ1) is 18.4. The molecule has 136 valence electrons. The van der Waals surface area contributed by atoms with Crippen LogP contribution >= 0.6 is 0 Å². The van der Waals surface area contributed by atoms with Gasteiger partial charge in [-0.05, 0) is 18.2 Å². The monoisotopic (exact) mass is 363 g/mol. The van der Waals surface area contributed by atoms with Crippen molar-refractivity contribution < 1.29 is 24.3 Å². The molecular formula is C15H13N3O8. The smallest absolute Gasteiger partial charge is 0.357 e. The molecule has 0 aliphatic heterocycles. The normalized spacial score (nSPS) is 10.7. The van der Waals surface area contributed by atoms with Gasteiger partial charge in [-0.1, -0.05) is 12.1 Å². The molecule has 1 heterocycles. The number of methoxy groups -OCH3 is 1. The Morgan fingerprint density at radius 1 is 1.31 bits per heavy atom. The van der Waals surface area contributed by atoms with E-state index in [1.807, 2.05) is 0 Å². The van der Waals surface area contributed by atoms with E-state index in [-0.39, 0.29) is 17.2 Å². The van der Waals surface area contributed by atoms with Crippen molar-refractivity contribution in [1.82, 2.24) is 9.97 Å². The van der Waals surface area contributed by atoms with Crippen LogP contribution < -0.4 is 20.7 Å². The molecule has 0 spiro atoms. The number of aliphatic carboxylic acids is 1. The summed E-state index contributed by atoms with van der Waals surface area (Å²) in [6.45, 7) is -0.636. The summed E-state index contributed by atoms with van der Waals surface area (Å²) in [5.41, 5.74) is -2.90. The number of carboxylic acids is 1. The standard InChI is InChI=1S/C15H13N3O8/c1-25-10-4-2-3-8(13(10)26-7-11(19)20)5-6-9-12(18(23)24)14(21)17-15(22)16-9/h2-6H,7H2,1H3,(H,19,20)(H2,16,17,21,22). The average Bonchev–Trinajstić information content (AvgIpc) is 2.56. The number of rotatable bonds is 7. The zero-order chi connectivity index (χ0) is 19.3. The lowest BCUT2D eigenvalue weighted by Crippen LogP contribution is -2.25. The predicted octanol–water partition coefficient (Wildman–Crippen LogP) is 0.614.